The molecule has 1 aromatic carbocycles. The summed E-state index contributed by atoms with van der Waals surface area (Å²) in [5.41, 5.74) is 3.52. The van der Waals surface area contributed by atoms with Crippen LogP contribution in [-0.2, 0) is 31.8 Å². The first-order valence-corrected chi connectivity index (χ1v) is 12.4. The highest BCUT2D eigenvalue weighted by Gasteiger charge is 2.33. The van der Waals surface area contributed by atoms with Crippen LogP contribution in [0.5, 0.6) is 0 Å². The Kier molecular flexibility index (Phi) is 6.49. The second kappa shape index (κ2) is 9.88. The molecule has 4 heterocycles. The van der Waals surface area contributed by atoms with E-state index in [-0.39, 0.29) is 5.69 Å². The van der Waals surface area contributed by atoms with Gasteiger partial charge >= 0.3 is 5.69 Å². The van der Waals surface area contributed by atoms with Crippen LogP contribution in [0.1, 0.15) is 49.9 Å². The zero-order valence-electron chi connectivity index (χ0n) is 20.9. The Morgan fingerprint density at radius 3 is 2.83 bits per heavy atom. The van der Waals surface area contributed by atoms with Gasteiger partial charge < -0.3 is 0 Å². The van der Waals surface area contributed by atoms with Gasteiger partial charge in [-0.3, -0.25) is 18.8 Å². The van der Waals surface area contributed by atoms with Gasteiger partial charge in [0.25, 0.3) is 0 Å². The maximum Gasteiger partial charge on any atom is 0.334 e. The van der Waals surface area contributed by atoms with Gasteiger partial charge in [-0.2, -0.15) is 10.3 Å². The van der Waals surface area contributed by atoms with Crippen LogP contribution in [0.2, 0.25) is 0 Å². The van der Waals surface area contributed by atoms with E-state index in [0.29, 0.717) is 18.8 Å². The van der Waals surface area contributed by atoms with Crippen LogP contribution in [0.25, 0.3) is 17.2 Å². The molecule has 0 amide bonds. The fraction of sp³-hybridized carbons (Fsp3) is 0.385. The fourth-order valence-electron chi connectivity index (χ4n) is 4.93. The summed E-state index contributed by atoms with van der Waals surface area (Å²) in [6.45, 7) is 4.74. The van der Waals surface area contributed by atoms with Crippen LogP contribution in [0, 0.1) is 0 Å². The smallest absolute Gasteiger partial charge is 0.295 e. The van der Waals surface area contributed by atoms with Crippen LogP contribution in [-0.4, -0.2) is 45.8 Å². The Labute approximate surface area is 209 Å². The average Bonchev–Trinajstić information content (AvgIpc) is 3.64. The molecule has 0 aliphatic carbocycles. The van der Waals surface area contributed by atoms with E-state index in [0.717, 1.165) is 53.9 Å². The van der Waals surface area contributed by atoms with E-state index < -0.39 is 5.41 Å². The monoisotopic (exact) mass is 485 g/mol. The highest BCUT2D eigenvalue weighted by Crippen LogP contribution is 2.35. The molecule has 3 aromatic heterocycles. The highest BCUT2D eigenvalue weighted by atomic mass is 16.1. The Balaban J connectivity index is 1.62. The predicted molar refractivity (Wildman–Crippen MR) is 138 cm³/mol. The minimum atomic E-state index is -0.446. The molecule has 1 N–H and O–H groups in total. The molecular formula is C26H31N9O. The zero-order valence-corrected chi connectivity index (χ0v) is 20.9. The Morgan fingerprint density at radius 1 is 1.22 bits per heavy atom. The number of aryl methyl sites for hydroxylation is 3. The summed E-state index contributed by atoms with van der Waals surface area (Å²) in [7, 11) is 1.88. The second-order valence-corrected chi connectivity index (χ2v) is 9.26. The van der Waals surface area contributed by atoms with Crippen molar-refractivity contribution in [1.29, 1.82) is 0 Å². The van der Waals surface area contributed by atoms with Crippen LogP contribution in [0.4, 0.5) is 0 Å². The maximum atomic E-state index is 14.0. The van der Waals surface area contributed by atoms with Crippen molar-refractivity contribution in [3.8, 4) is 17.2 Å². The summed E-state index contributed by atoms with van der Waals surface area (Å²) in [6, 6.07) is 8.14. The fourth-order valence-corrected chi connectivity index (χ4v) is 4.93. The van der Waals surface area contributed by atoms with Crippen LogP contribution >= 0.6 is 0 Å². The molecule has 1 aliphatic heterocycles. The number of benzene rings is 1. The van der Waals surface area contributed by atoms with E-state index in [4.69, 9.17) is 0 Å². The number of hydrogen-bond donors (Lipinski definition) is 1. The zero-order chi connectivity index (χ0) is 25.1. The van der Waals surface area contributed by atoms with E-state index in [1.807, 2.05) is 48.6 Å². The number of H-pyrrole nitrogens is 1. The number of allylic oxidation sites excluding steroid dienone is 1. The number of unbranched alkanes of at least 4 members (excludes halogenated alkanes) is 1. The quantitative estimate of drug-likeness (QED) is 0.391. The molecule has 1 unspecified atom stereocenters. The highest BCUT2D eigenvalue weighted by molar-refractivity contribution is 5.65. The van der Waals surface area contributed by atoms with Gasteiger partial charge in [-0.1, -0.05) is 44.5 Å². The van der Waals surface area contributed by atoms with E-state index in [1.54, 1.807) is 9.25 Å². The number of aromatic amines is 1. The molecule has 0 fully saturated rings. The van der Waals surface area contributed by atoms with Crippen molar-refractivity contribution in [2.24, 2.45) is 12.0 Å². The number of nitrogens with zero attached hydrogens (tertiary/aromatic N) is 8. The molecule has 0 saturated carbocycles. The molecule has 1 atom stereocenters. The molecule has 186 valence electrons. The molecule has 36 heavy (non-hydrogen) atoms. The van der Waals surface area contributed by atoms with Crippen molar-refractivity contribution in [1.82, 2.24) is 39.5 Å². The molecule has 10 heteroatoms. The Morgan fingerprint density at radius 2 is 2.11 bits per heavy atom. The third-order valence-corrected chi connectivity index (χ3v) is 6.96. The summed E-state index contributed by atoms with van der Waals surface area (Å²) >= 11 is 0. The summed E-state index contributed by atoms with van der Waals surface area (Å²) in [4.78, 5) is 18.3. The largest absolute Gasteiger partial charge is 0.334 e. The van der Waals surface area contributed by atoms with Crippen LogP contribution in [0.3, 0.4) is 0 Å². The maximum absolute atomic E-state index is 14.0. The van der Waals surface area contributed by atoms with Gasteiger partial charge in [0.2, 0.25) is 5.82 Å². The summed E-state index contributed by atoms with van der Waals surface area (Å²) in [6.07, 6.45) is 14.1. The van der Waals surface area contributed by atoms with Gasteiger partial charge in [-0.25, -0.2) is 4.79 Å². The predicted octanol–water partition coefficient (Wildman–Crippen LogP) is 3.38. The summed E-state index contributed by atoms with van der Waals surface area (Å²) in [5.74, 6) is 1.36. The second-order valence-electron chi connectivity index (χ2n) is 9.26. The lowest BCUT2D eigenvalue weighted by Gasteiger charge is -2.32. The molecule has 0 bridgehead atoms. The minimum absolute atomic E-state index is 0.0518. The van der Waals surface area contributed by atoms with Gasteiger partial charge in [0.05, 0.1) is 6.20 Å². The van der Waals surface area contributed by atoms with Crippen molar-refractivity contribution in [2.45, 2.75) is 57.9 Å². The first-order chi connectivity index (χ1) is 17.6. The van der Waals surface area contributed by atoms with Gasteiger partial charge in [0, 0.05) is 54.4 Å². The first kappa shape index (κ1) is 23.7. The van der Waals surface area contributed by atoms with E-state index >= 15 is 0 Å². The number of aliphatic imine (C=N–C) groups is 1. The molecule has 0 saturated heterocycles. The van der Waals surface area contributed by atoms with Gasteiger partial charge in [0.15, 0.2) is 0 Å². The van der Waals surface area contributed by atoms with Crippen LogP contribution < -0.4 is 5.69 Å². The minimum Gasteiger partial charge on any atom is -0.295 e. The first-order valence-electron chi connectivity index (χ1n) is 12.4. The SMILES string of the molecule is CCCCc1cn(-c2c(CC)cnn2C)c(=O)n1CC1(c2cccc(-c3nn[nH]n3)c2)C=CN=CC1. The topological polar surface area (TPSA) is 112 Å². The van der Waals surface area contributed by atoms with Crippen molar-refractivity contribution in [3.63, 3.8) is 0 Å². The van der Waals surface area contributed by atoms with Crippen molar-refractivity contribution in [3.05, 3.63) is 76.2 Å². The normalized spacial score (nSPS) is 17.2. The molecule has 5 rings (SSSR count). The number of imidazole rings is 1. The van der Waals surface area contributed by atoms with Crippen molar-refractivity contribution in [2.75, 3.05) is 0 Å². The van der Waals surface area contributed by atoms with E-state index in [1.165, 1.54) is 0 Å². The Bertz CT molecular complexity index is 1450. The van der Waals surface area contributed by atoms with Gasteiger partial charge in [-0.05, 0) is 42.5 Å². The lowest BCUT2D eigenvalue weighted by atomic mass is 9.76. The number of tetrazole rings is 1. The van der Waals surface area contributed by atoms with Crippen LogP contribution in [0.15, 0.2) is 58.7 Å². The molecule has 4 aromatic rings. The standard InChI is InChI=1S/C26H31N9O/c1-4-6-10-22-17-34(24-19(5-2)16-28-33(24)3)25(36)35(22)18-26(11-13-27-14-12-26)21-9-7-8-20(15-21)23-29-31-32-30-23/h7-9,11,13-17H,4-6,10,12,18H2,1-3H3,(H,29,30,31,32). The summed E-state index contributed by atoms with van der Waals surface area (Å²) < 4.78 is 5.49. The van der Waals surface area contributed by atoms with Crippen molar-refractivity contribution >= 4 is 6.21 Å². The molecule has 10 nitrogen and oxygen atoms in total. The van der Waals surface area contributed by atoms with Crippen molar-refractivity contribution < 1.29 is 0 Å². The number of rotatable bonds is 9. The molecular weight excluding hydrogens is 454 g/mol. The molecule has 1 aliphatic rings. The van der Waals surface area contributed by atoms with Gasteiger partial charge in [-0.15, -0.1) is 10.2 Å². The average molecular weight is 486 g/mol. The lowest BCUT2D eigenvalue weighted by Crippen LogP contribution is -2.37. The molecule has 0 spiro atoms. The van der Waals surface area contributed by atoms with Gasteiger partial charge in [0.1, 0.15) is 5.82 Å². The third kappa shape index (κ3) is 4.23. The Hall–Kier alpha value is -4.08. The number of hydrogen-bond acceptors (Lipinski definition) is 6. The van der Waals surface area contributed by atoms with E-state index in [2.05, 4.69) is 62.8 Å². The molecule has 0 radical (unpaired) electrons. The number of nitrogens with one attached hydrogen (secondary N) is 1. The summed E-state index contributed by atoms with van der Waals surface area (Å²) in [5, 5.41) is 18.9. The lowest BCUT2D eigenvalue weighted by molar-refractivity contribution is 0.438. The van der Waals surface area contributed by atoms with E-state index in [9.17, 15) is 4.79 Å². The number of aromatic nitrogens is 8. The third-order valence-electron chi connectivity index (χ3n) is 6.96.